The molecular formula is C26H32FN3O3. The molecule has 0 N–H and O–H groups in total. The predicted molar refractivity (Wildman–Crippen MR) is 126 cm³/mol. The van der Waals surface area contributed by atoms with E-state index in [0.717, 1.165) is 49.3 Å². The number of aryl methyl sites for hydroxylation is 1. The van der Waals surface area contributed by atoms with Crippen LogP contribution in [-0.4, -0.2) is 54.2 Å². The molecule has 0 amide bonds. The van der Waals surface area contributed by atoms with Gasteiger partial charge >= 0.3 is 0 Å². The summed E-state index contributed by atoms with van der Waals surface area (Å²) in [5, 5.41) is 0. The largest absolute Gasteiger partial charge is 0.382 e. The maximum atomic E-state index is 13.4. The van der Waals surface area contributed by atoms with Crippen molar-refractivity contribution in [2.24, 2.45) is 5.92 Å². The van der Waals surface area contributed by atoms with E-state index in [-0.39, 0.29) is 17.5 Å². The number of piperidine rings is 1. The van der Waals surface area contributed by atoms with Gasteiger partial charge in [-0.15, -0.1) is 0 Å². The van der Waals surface area contributed by atoms with Gasteiger partial charge in [-0.3, -0.25) is 9.20 Å². The van der Waals surface area contributed by atoms with Crippen LogP contribution in [0.3, 0.4) is 0 Å². The zero-order chi connectivity index (χ0) is 23.2. The van der Waals surface area contributed by atoms with Crippen molar-refractivity contribution in [2.45, 2.75) is 32.3 Å². The van der Waals surface area contributed by atoms with Gasteiger partial charge in [-0.05, 0) is 75.0 Å². The first-order valence-electron chi connectivity index (χ1n) is 11.6. The van der Waals surface area contributed by atoms with Crippen LogP contribution in [0.15, 0.2) is 53.5 Å². The van der Waals surface area contributed by atoms with E-state index in [1.165, 1.54) is 12.1 Å². The Kier molecular flexibility index (Phi) is 7.85. The van der Waals surface area contributed by atoms with E-state index in [1.807, 2.05) is 37.3 Å². The number of hydrogen-bond donors (Lipinski definition) is 0. The lowest BCUT2D eigenvalue weighted by Gasteiger charge is -2.36. The van der Waals surface area contributed by atoms with E-state index in [2.05, 4.69) is 9.88 Å². The first kappa shape index (κ1) is 23.5. The average molecular weight is 454 g/mol. The standard InChI is InChI=1S/C26H32FN3O3/c1-19-23(26(31)30-13-4-3-5-24(30)28-19)12-16-29-14-10-21(11-15-29)25(33-18-17-32-2)20-6-8-22(27)9-7-20/h3-9,13,21,25H,10-12,14-18H2,1-2H3/t25-/m1/s1. The van der Waals surface area contributed by atoms with Gasteiger partial charge in [-0.25, -0.2) is 9.37 Å². The molecule has 3 aromatic rings. The molecule has 7 heteroatoms. The van der Waals surface area contributed by atoms with E-state index in [9.17, 15) is 9.18 Å². The highest BCUT2D eigenvalue weighted by Crippen LogP contribution is 2.34. The van der Waals surface area contributed by atoms with E-state index < -0.39 is 0 Å². The highest BCUT2D eigenvalue weighted by molar-refractivity contribution is 5.40. The molecule has 1 fully saturated rings. The van der Waals surface area contributed by atoms with Crippen LogP contribution in [0.4, 0.5) is 4.39 Å². The second-order valence-electron chi connectivity index (χ2n) is 8.67. The molecule has 3 heterocycles. The maximum Gasteiger partial charge on any atom is 0.261 e. The molecular weight excluding hydrogens is 421 g/mol. The summed E-state index contributed by atoms with van der Waals surface area (Å²) in [7, 11) is 1.66. The Morgan fingerprint density at radius 1 is 1.12 bits per heavy atom. The Balaban J connectivity index is 1.38. The Hall–Kier alpha value is -2.61. The van der Waals surface area contributed by atoms with Crippen LogP contribution >= 0.6 is 0 Å². The fourth-order valence-corrected chi connectivity index (χ4v) is 4.69. The summed E-state index contributed by atoms with van der Waals surface area (Å²) in [5.74, 6) is 0.122. The third-order valence-corrected chi connectivity index (χ3v) is 6.56. The third kappa shape index (κ3) is 5.66. The predicted octanol–water partition coefficient (Wildman–Crippen LogP) is 3.80. The summed E-state index contributed by atoms with van der Waals surface area (Å²) >= 11 is 0. The molecule has 1 aliphatic heterocycles. The number of likely N-dealkylation sites (tertiary alicyclic amines) is 1. The summed E-state index contributed by atoms with van der Waals surface area (Å²) in [6, 6.07) is 12.2. The molecule has 0 radical (unpaired) electrons. The average Bonchev–Trinajstić information content (AvgIpc) is 2.83. The first-order valence-corrected chi connectivity index (χ1v) is 11.6. The number of aromatic nitrogens is 2. The van der Waals surface area contributed by atoms with Crippen molar-refractivity contribution in [1.82, 2.24) is 14.3 Å². The number of pyridine rings is 1. The minimum absolute atomic E-state index is 0.0240. The highest BCUT2D eigenvalue weighted by Gasteiger charge is 2.28. The molecule has 0 spiro atoms. The van der Waals surface area contributed by atoms with Crippen molar-refractivity contribution in [3.05, 3.63) is 81.7 Å². The highest BCUT2D eigenvalue weighted by atomic mass is 19.1. The van der Waals surface area contributed by atoms with Crippen molar-refractivity contribution in [1.29, 1.82) is 0 Å². The lowest BCUT2D eigenvalue weighted by atomic mass is 9.87. The minimum Gasteiger partial charge on any atom is -0.382 e. The molecule has 4 rings (SSSR count). The van der Waals surface area contributed by atoms with Gasteiger partial charge in [0.2, 0.25) is 0 Å². The summed E-state index contributed by atoms with van der Waals surface area (Å²) in [4.78, 5) is 19.9. The Bertz CT molecular complexity index is 1110. The Morgan fingerprint density at radius 2 is 1.88 bits per heavy atom. The second-order valence-corrected chi connectivity index (χ2v) is 8.67. The zero-order valence-corrected chi connectivity index (χ0v) is 19.4. The van der Waals surface area contributed by atoms with Crippen LogP contribution in [0.25, 0.3) is 5.65 Å². The smallest absolute Gasteiger partial charge is 0.261 e. The molecule has 176 valence electrons. The molecule has 33 heavy (non-hydrogen) atoms. The Morgan fingerprint density at radius 3 is 2.61 bits per heavy atom. The number of methoxy groups -OCH3 is 1. The van der Waals surface area contributed by atoms with Crippen molar-refractivity contribution < 1.29 is 13.9 Å². The molecule has 0 saturated carbocycles. The van der Waals surface area contributed by atoms with Gasteiger partial charge in [0.15, 0.2) is 0 Å². The molecule has 1 aliphatic rings. The van der Waals surface area contributed by atoms with Crippen LogP contribution in [0.5, 0.6) is 0 Å². The fraction of sp³-hybridized carbons (Fsp3) is 0.462. The van der Waals surface area contributed by atoms with Gasteiger partial charge < -0.3 is 14.4 Å². The number of fused-ring (bicyclic) bond motifs is 1. The maximum absolute atomic E-state index is 13.4. The quantitative estimate of drug-likeness (QED) is 0.462. The van der Waals surface area contributed by atoms with Gasteiger partial charge in [0.25, 0.3) is 5.56 Å². The van der Waals surface area contributed by atoms with Crippen molar-refractivity contribution >= 4 is 5.65 Å². The van der Waals surface area contributed by atoms with E-state index in [1.54, 1.807) is 17.7 Å². The Labute approximate surface area is 194 Å². The normalized spacial score (nSPS) is 16.3. The number of rotatable bonds is 9. The fourth-order valence-electron chi connectivity index (χ4n) is 4.69. The zero-order valence-electron chi connectivity index (χ0n) is 19.4. The van der Waals surface area contributed by atoms with E-state index in [0.29, 0.717) is 31.2 Å². The number of halogens is 1. The minimum atomic E-state index is -0.237. The van der Waals surface area contributed by atoms with Gasteiger partial charge in [-0.1, -0.05) is 18.2 Å². The topological polar surface area (TPSA) is 56.1 Å². The van der Waals surface area contributed by atoms with Crippen molar-refractivity contribution in [3.63, 3.8) is 0 Å². The molecule has 0 aliphatic carbocycles. The number of nitrogens with zero attached hydrogens (tertiary/aromatic N) is 3. The molecule has 6 nitrogen and oxygen atoms in total. The SMILES string of the molecule is COCCO[C@H](c1ccc(F)cc1)C1CCN(CCc2c(C)nc3ccccn3c2=O)CC1. The van der Waals surface area contributed by atoms with E-state index in [4.69, 9.17) is 9.47 Å². The third-order valence-electron chi connectivity index (χ3n) is 6.56. The molecule has 0 bridgehead atoms. The van der Waals surface area contributed by atoms with Crippen LogP contribution < -0.4 is 5.56 Å². The lowest BCUT2D eigenvalue weighted by molar-refractivity contribution is -0.0307. The molecule has 1 atom stereocenters. The van der Waals surface area contributed by atoms with Crippen LogP contribution in [0.1, 0.15) is 35.8 Å². The number of hydrogen-bond acceptors (Lipinski definition) is 5. The van der Waals surface area contributed by atoms with Crippen LogP contribution in [-0.2, 0) is 15.9 Å². The van der Waals surface area contributed by atoms with Gasteiger partial charge in [0.1, 0.15) is 11.5 Å². The van der Waals surface area contributed by atoms with E-state index >= 15 is 0 Å². The number of benzene rings is 1. The number of ether oxygens (including phenoxy) is 2. The van der Waals surface area contributed by atoms with Crippen molar-refractivity contribution in [3.8, 4) is 0 Å². The summed E-state index contributed by atoms with van der Waals surface area (Å²) in [6.07, 6.45) is 4.37. The van der Waals surface area contributed by atoms with Gasteiger partial charge in [0.05, 0.1) is 19.3 Å². The molecule has 0 unspecified atom stereocenters. The molecule has 2 aromatic heterocycles. The van der Waals surface area contributed by atoms with Gasteiger partial charge in [0, 0.05) is 31.1 Å². The van der Waals surface area contributed by atoms with Gasteiger partial charge in [-0.2, -0.15) is 0 Å². The molecule has 1 aromatic carbocycles. The first-order chi connectivity index (χ1) is 16.1. The summed E-state index contributed by atoms with van der Waals surface area (Å²) < 4.78 is 26.4. The lowest BCUT2D eigenvalue weighted by Crippen LogP contribution is -2.38. The monoisotopic (exact) mass is 453 g/mol. The molecule has 1 saturated heterocycles. The second kappa shape index (κ2) is 11.0. The van der Waals surface area contributed by atoms with Crippen molar-refractivity contribution in [2.75, 3.05) is 40.0 Å². The van der Waals surface area contributed by atoms with Crippen LogP contribution in [0, 0.1) is 18.7 Å². The summed E-state index contributed by atoms with van der Waals surface area (Å²) in [6.45, 7) is 5.67. The van der Waals surface area contributed by atoms with Crippen LogP contribution in [0.2, 0.25) is 0 Å². The summed E-state index contributed by atoms with van der Waals surface area (Å²) in [5.41, 5.74) is 3.31.